The van der Waals surface area contributed by atoms with Gasteiger partial charge in [-0.2, -0.15) is 0 Å². The number of aliphatic hydroxyl groups is 1. The van der Waals surface area contributed by atoms with Crippen LogP contribution < -0.4 is 0 Å². The first-order chi connectivity index (χ1) is 9.85. The maximum Gasteiger partial charge on any atom is 0.243 e. The standard InChI is InChI=1S/C15H25NO4S/c1-4-11(17)9-21-13-7-14(19)16(15(13)20)8-12(18)6-5-10(2)3/h10-11,13,17H,4-9H2,1-3H3. The van der Waals surface area contributed by atoms with Crippen molar-refractivity contribution in [2.24, 2.45) is 5.92 Å². The molecule has 6 heteroatoms. The first-order valence-electron chi connectivity index (χ1n) is 7.50. The lowest BCUT2D eigenvalue weighted by atomic mass is 10.1. The Morgan fingerprint density at radius 3 is 2.67 bits per heavy atom. The first-order valence-corrected chi connectivity index (χ1v) is 8.55. The van der Waals surface area contributed by atoms with Crippen molar-refractivity contribution in [3.63, 3.8) is 0 Å². The highest BCUT2D eigenvalue weighted by Gasteiger charge is 2.39. The molecule has 0 aromatic rings. The smallest absolute Gasteiger partial charge is 0.243 e. The second kappa shape index (κ2) is 8.54. The Labute approximate surface area is 130 Å². The molecule has 0 spiro atoms. The van der Waals surface area contributed by atoms with Crippen LogP contribution in [0.15, 0.2) is 0 Å². The lowest BCUT2D eigenvalue weighted by molar-refractivity contribution is -0.141. The van der Waals surface area contributed by atoms with Crippen LogP contribution >= 0.6 is 11.8 Å². The molecular formula is C15H25NO4S. The molecule has 2 atom stereocenters. The molecule has 0 aromatic carbocycles. The van der Waals surface area contributed by atoms with Crippen molar-refractivity contribution in [2.75, 3.05) is 12.3 Å². The van der Waals surface area contributed by atoms with E-state index < -0.39 is 11.4 Å². The molecule has 2 unspecified atom stereocenters. The molecule has 0 saturated carbocycles. The van der Waals surface area contributed by atoms with Crippen LogP contribution in [0.3, 0.4) is 0 Å². The number of carbonyl (C=O) groups is 3. The monoisotopic (exact) mass is 315 g/mol. The van der Waals surface area contributed by atoms with Gasteiger partial charge in [0.2, 0.25) is 11.8 Å². The van der Waals surface area contributed by atoms with Crippen LogP contribution in [0.4, 0.5) is 0 Å². The molecule has 1 fully saturated rings. The summed E-state index contributed by atoms with van der Waals surface area (Å²) in [5, 5.41) is 9.07. The summed E-state index contributed by atoms with van der Waals surface area (Å²) in [5.41, 5.74) is 0. The predicted molar refractivity (Wildman–Crippen MR) is 83.0 cm³/mol. The zero-order valence-corrected chi connectivity index (χ0v) is 13.8. The lowest BCUT2D eigenvalue weighted by Crippen LogP contribution is -2.36. The largest absolute Gasteiger partial charge is 0.392 e. The fourth-order valence-corrected chi connectivity index (χ4v) is 3.22. The van der Waals surface area contributed by atoms with E-state index in [1.54, 1.807) is 0 Å². The van der Waals surface area contributed by atoms with Gasteiger partial charge in [0.1, 0.15) is 0 Å². The van der Waals surface area contributed by atoms with Crippen molar-refractivity contribution in [1.29, 1.82) is 0 Å². The van der Waals surface area contributed by atoms with Crippen molar-refractivity contribution in [1.82, 2.24) is 4.90 Å². The Balaban J connectivity index is 2.47. The van der Waals surface area contributed by atoms with Gasteiger partial charge in [0, 0.05) is 18.6 Å². The third kappa shape index (κ3) is 5.79. The minimum absolute atomic E-state index is 0.0651. The predicted octanol–water partition coefficient (Wildman–Crippen LogP) is 1.62. The zero-order valence-electron chi connectivity index (χ0n) is 13.0. The number of likely N-dealkylation sites (tertiary alicyclic amines) is 1. The van der Waals surface area contributed by atoms with Crippen molar-refractivity contribution in [3.8, 4) is 0 Å². The summed E-state index contributed by atoms with van der Waals surface area (Å²) in [5.74, 6) is 0.241. The third-order valence-corrected chi connectivity index (χ3v) is 4.85. The molecule has 120 valence electrons. The SMILES string of the molecule is CCC(O)CSC1CC(=O)N(CC(=O)CCC(C)C)C1=O. The van der Waals surface area contributed by atoms with Gasteiger partial charge >= 0.3 is 0 Å². The van der Waals surface area contributed by atoms with Crippen molar-refractivity contribution in [3.05, 3.63) is 0 Å². The van der Waals surface area contributed by atoms with Gasteiger partial charge in [-0.1, -0.05) is 20.8 Å². The van der Waals surface area contributed by atoms with Crippen LogP contribution in [0.2, 0.25) is 0 Å². The molecule has 2 amide bonds. The Morgan fingerprint density at radius 1 is 1.43 bits per heavy atom. The minimum atomic E-state index is -0.459. The minimum Gasteiger partial charge on any atom is -0.392 e. The van der Waals surface area contributed by atoms with Gasteiger partial charge in [-0.25, -0.2) is 0 Å². The van der Waals surface area contributed by atoms with Crippen LogP contribution in [0.25, 0.3) is 0 Å². The number of nitrogens with zero attached hydrogens (tertiary/aromatic N) is 1. The number of ketones is 1. The average molecular weight is 315 g/mol. The molecule has 5 nitrogen and oxygen atoms in total. The molecule has 1 rings (SSSR count). The van der Waals surface area contributed by atoms with Gasteiger partial charge in [0.05, 0.1) is 17.9 Å². The van der Waals surface area contributed by atoms with E-state index in [9.17, 15) is 19.5 Å². The van der Waals surface area contributed by atoms with Gasteiger partial charge < -0.3 is 5.11 Å². The molecule has 1 heterocycles. The summed E-state index contributed by atoms with van der Waals surface area (Å²) < 4.78 is 0. The fraction of sp³-hybridized carbons (Fsp3) is 0.800. The number of rotatable bonds is 9. The highest BCUT2D eigenvalue weighted by molar-refractivity contribution is 8.00. The number of Topliss-reactive ketones (excluding diaryl/α,β-unsaturated/α-hetero) is 1. The van der Waals surface area contributed by atoms with Gasteiger partial charge in [-0.15, -0.1) is 11.8 Å². The topological polar surface area (TPSA) is 74.7 Å². The highest BCUT2D eigenvalue weighted by Crippen LogP contribution is 2.26. The molecule has 0 aromatic heterocycles. The second-order valence-corrected chi connectivity index (χ2v) is 7.11. The van der Waals surface area contributed by atoms with E-state index in [2.05, 4.69) is 0 Å². The number of hydrogen-bond acceptors (Lipinski definition) is 5. The van der Waals surface area contributed by atoms with Crippen LogP contribution in [0.1, 0.15) is 46.5 Å². The van der Waals surface area contributed by atoms with Crippen molar-refractivity contribution < 1.29 is 19.5 Å². The Hall–Kier alpha value is -0.880. The highest BCUT2D eigenvalue weighted by atomic mass is 32.2. The first kappa shape index (κ1) is 18.2. The van der Waals surface area contributed by atoms with Crippen LogP contribution in [0, 0.1) is 5.92 Å². The van der Waals surface area contributed by atoms with Gasteiger partial charge in [-0.3, -0.25) is 19.3 Å². The Kier molecular flexibility index (Phi) is 7.39. The molecule has 21 heavy (non-hydrogen) atoms. The Bertz CT molecular complexity index is 397. The summed E-state index contributed by atoms with van der Waals surface area (Å²) in [6.45, 7) is 5.83. The molecule has 1 aliphatic heterocycles. The van der Waals surface area contributed by atoms with E-state index in [0.29, 0.717) is 24.5 Å². The van der Waals surface area contributed by atoms with E-state index >= 15 is 0 Å². The molecule has 0 radical (unpaired) electrons. The molecular weight excluding hydrogens is 290 g/mol. The maximum absolute atomic E-state index is 12.1. The van der Waals surface area contributed by atoms with Crippen molar-refractivity contribution >= 4 is 29.4 Å². The van der Waals surface area contributed by atoms with Gasteiger partial charge in [-0.05, 0) is 18.8 Å². The molecule has 1 N–H and O–H groups in total. The third-order valence-electron chi connectivity index (χ3n) is 3.50. The average Bonchev–Trinajstić information content (AvgIpc) is 2.70. The van der Waals surface area contributed by atoms with Gasteiger partial charge in [0.15, 0.2) is 5.78 Å². The van der Waals surface area contributed by atoms with Crippen LogP contribution in [-0.4, -0.2) is 51.3 Å². The molecule has 1 aliphatic rings. The number of thioether (sulfide) groups is 1. The summed E-state index contributed by atoms with van der Waals surface area (Å²) in [6, 6.07) is 0. The van der Waals surface area contributed by atoms with Gasteiger partial charge in [0.25, 0.3) is 0 Å². The number of aliphatic hydroxyl groups excluding tert-OH is 1. The normalized spacial score (nSPS) is 20.4. The number of hydrogen-bond donors (Lipinski definition) is 1. The van der Waals surface area contributed by atoms with E-state index in [1.807, 2.05) is 20.8 Å². The van der Waals surface area contributed by atoms with Crippen LogP contribution in [0.5, 0.6) is 0 Å². The summed E-state index contributed by atoms with van der Waals surface area (Å²) in [7, 11) is 0. The lowest BCUT2D eigenvalue weighted by Gasteiger charge is -2.15. The maximum atomic E-state index is 12.1. The summed E-state index contributed by atoms with van der Waals surface area (Å²) in [4.78, 5) is 36.9. The summed E-state index contributed by atoms with van der Waals surface area (Å²) >= 11 is 1.30. The second-order valence-electron chi connectivity index (χ2n) is 5.88. The van der Waals surface area contributed by atoms with Crippen LogP contribution in [-0.2, 0) is 14.4 Å². The van der Waals surface area contributed by atoms with Crippen molar-refractivity contribution in [2.45, 2.75) is 57.8 Å². The summed E-state index contributed by atoms with van der Waals surface area (Å²) in [6.07, 6.45) is 1.48. The van der Waals surface area contributed by atoms with E-state index in [-0.39, 0.29) is 30.6 Å². The zero-order chi connectivity index (χ0) is 16.0. The molecule has 1 saturated heterocycles. The Morgan fingerprint density at radius 2 is 2.10 bits per heavy atom. The molecule has 0 bridgehead atoms. The van der Waals surface area contributed by atoms with E-state index in [4.69, 9.17) is 0 Å². The number of amides is 2. The fourth-order valence-electron chi connectivity index (χ4n) is 2.00. The molecule has 0 aliphatic carbocycles. The quantitative estimate of drug-likeness (QED) is 0.655. The van der Waals surface area contributed by atoms with E-state index in [0.717, 1.165) is 11.3 Å². The number of imide groups is 1. The van der Waals surface area contributed by atoms with E-state index in [1.165, 1.54) is 11.8 Å². The number of carbonyl (C=O) groups excluding carboxylic acids is 3.